The lowest BCUT2D eigenvalue weighted by Gasteiger charge is -2.20. The van der Waals surface area contributed by atoms with Gasteiger partial charge in [0.2, 0.25) is 0 Å². The molecule has 1 aromatic heterocycles. The van der Waals surface area contributed by atoms with Gasteiger partial charge in [0.15, 0.2) is 17.5 Å². The van der Waals surface area contributed by atoms with Crippen molar-refractivity contribution in [3.63, 3.8) is 0 Å². The molecule has 0 radical (unpaired) electrons. The number of benzene rings is 1. The Morgan fingerprint density at radius 2 is 2.10 bits per heavy atom. The predicted molar refractivity (Wildman–Crippen MR) is 119 cm³/mol. The van der Waals surface area contributed by atoms with Crippen molar-refractivity contribution >= 4 is 17.3 Å². The maximum Gasteiger partial charge on any atom is 0.191 e. The van der Waals surface area contributed by atoms with Crippen molar-refractivity contribution in [1.29, 1.82) is 0 Å². The van der Waals surface area contributed by atoms with Gasteiger partial charge in [-0.3, -0.25) is 4.99 Å². The quantitative estimate of drug-likeness (QED) is 0.479. The SMILES string of the molecule is CCc1cnc(CCNC(=NC)NCc2cccc(OC)c2OC2CCCC2)s1. The third-order valence-electron chi connectivity index (χ3n) is 5.12. The van der Waals surface area contributed by atoms with Crippen molar-refractivity contribution in [2.45, 2.75) is 58.1 Å². The highest BCUT2D eigenvalue weighted by Crippen LogP contribution is 2.34. The molecular formula is C22H32N4O2S. The van der Waals surface area contributed by atoms with Gasteiger partial charge in [-0.15, -0.1) is 11.3 Å². The Balaban J connectivity index is 1.55. The molecule has 0 unspecified atom stereocenters. The van der Waals surface area contributed by atoms with E-state index in [1.807, 2.05) is 18.3 Å². The lowest BCUT2D eigenvalue weighted by atomic mass is 10.1. The summed E-state index contributed by atoms with van der Waals surface area (Å²) in [5.41, 5.74) is 1.08. The van der Waals surface area contributed by atoms with Gasteiger partial charge in [0.05, 0.1) is 18.2 Å². The van der Waals surface area contributed by atoms with Crippen LogP contribution in [0.3, 0.4) is 0 Å². The van der Waals surface area contributed by atoms with Crippen molar-refractivity contribution in [1.82, 2.24) is 15.6 Å². The molecule has 7 heteroatoms. The Bertz CT molecular complexity index is 800. The van der Waals surface area contributed by atoms with Crippen LogP contribution in [0.1, 0.15) is 48.1 Å². The van der Waals surface area contributed by atoms with Gasteiger partial charge in [-0.05, 0) is 38.2 Å². The zero-order valence-electron chi connectivity index (χ0n) is 17.7. The Morgan fingerprint density at radius 3 is 2.79 bits per heavy atom. The first-order chi connectivity index (χ1) is 14.2. The Kier molecular flexibility index (Phi) is 8.16. The number of guanidine groups is 1. The highest BCUT2D eigenvalue weighted by Gasteiger charge is 2.20. The highest BCUT2D eigenvalue weighted by atomic mass is 32.1. The highest BCUT2D eigenvalue weighted by molar-refractivity contribution is 7.11. The number of aliphatic imine (C=N–C) groups is 1. The Hall–Kier alpha value is -2.28. The van der Waals surface area contributed by atoms with E-state index in [-0.39, 0.29) is 6.10 Å². The van der Waals surface area contributed by atoms with Crippen LogP contribution in [-0.2, 0) is 19.4 Å². The molecule has 0 aliphatic heterocycles. The van der Waals surface area contributed by atoms with E-state index < -0.39 is 0 Å². The predicted octanol–water partition coefficient (Wildman–Crippen LogP) is 3.94. The van der Waals surface area contributed by atoms with Gasteiger partial charge >= 0.3 is 0 Å². The molecule has 158 valence electrons. The normalized spacial score (nSPS) is 14.8. The van der Waals surface area contributed by atoms with Crippen molar-refractivity contribution in [2.24, 2.45) is 4.99 Å². The number of thiazole rings is 1. The lowest BCUT2D eigenvalue weighted by molar-refractivity contribution is 0.198. The van der Waals surface area contributed by atoms with E-state index in [9.17, 15) is 0 Å². The van der Waals surface area contributed by atoms with Crippen LogP contribution in [0.5, 0.6) is 11.5 Å². The van der Waals surface area contributed by atoms with Gasteiger partial charge in [-0.1, -0.05) is 19.1 Å². The molecule has 1 aliphatic rings. The molecule has 0 saturated heterocycles. The molecule has 0 spiro atoms. The monoisotopic (exact) mass is 416 g/mol. The van der Waals surface area contributed by atoms with Crippen LogP contribution in [0.15, 0.2) is 29.4 Å². The fourth-order valence-corrected chi connectivity index (χ4v) is 4.34. The average Bonchev–Trinajstić information content (AvgIpc) is 3.43. The van der Waals surface area contributed by atoms with Crippen LogP contribution in [-0.4, -0.2) is 37.7 Å². The summed E-state index contributed by atoms with van der Waals surface area (Å²) >= 11 is 1.78. The molecule has 1 saturated carbocycles. The second kappa shape index (κ2) is 11.0. The van der Waals surface area contributed by atoms with Crippen LogP contribution in [0.2, 0.25) is 0 Å². The minimum absolute atomic E-state index is 0.286. The molecule has 1 aromatic carbocycles. The zero-order chi connectivity index (χ0) is 20.5. The van der Waals surface area contributed by atoms with Gasteiger partial charge < -0.3 is 20.1 Å². The Morgan fingerprint density at radius 1 is 1.28 bits per heavy atom. The molecule has 29 heavy (non-hydrogen) atoms. The number of methoxy groups -OCH3 is 1. The number of nitrogens with zero attached hydrogens (tertiary/aromatic N) is 2. The van der Waals surface area contributed by atoms with Crippen LogP contribution in [0.25, 0.3) is 0 Å². The van der Waals surface area contributed by atoms with E-state index in [4.69, 9.17) is 9.47 Å². The second-order valence-electron chi connectivity index (χ2n) is 7.15. The number of rotatable bonds is 9. The second-order valence-corrected chi connectivity index (χ2v) is 8.35. The molecule has 1 aliphatic carbocycles. The first kappa shape index (κ1) is 21.4. The van der Waals surface area contributed by atoms with E-state index in [2.05, 4.69) is 33.6 Å². The largest absolute Gasteiger partial charge is 0.493 e. The molecular weight excluding hydrogens is 384 g/mol. The molecule has 1 fully saturated rings. The van der Waals surface area contributed by atoms with Crippen molar-refractivity contribution < 1.29 is 9.47 Å². The maximum absolute atomic E-state index is 6.31. The minimum atomic E-state index is 0.286. The summed E-state index contributed by atoms with van der Waals surface area (Å²) in [6, 6.07) is 6.04. The topological polar surface area (TPSA) is 67.8 Å². The third-order valence-corrected chi connectivity index (χ3v) is 6.32. The Labute approximate surface area is 177 Å². The molecule has 0 amide bonds. The molecule has 6 nitrogen and oxygen atoms in total. The molecule has 1 heterocycles. The number of aryl methyl sites for hydroxylation is 1. The number of hydrogen-bond acceptors (Lipinski definition) is 5. The van der Waals surface area contributed by atoms with E-state index in [0.717, 1.165) is 60.3 Å². The fraction of sp³-hybridized carbons (Fsp3) is 0.545. The van der Waals surface area contributed by atoms with Crippen LogP contribution in [0.4, 0.5) is 0 Å². The fourth-order valence-electron chi connectivity index (χ4n) is 3.48. The van der Waals surface area contributed by atoms with E-state index in [0.29, 0.717) is 6.54 Å². The molecule has 2 N–H and O–H groups in total. The molecule has 3 rings (SSSR count). The van der Waals surface area contributed by atoms with Gasteiger partial charge in [-0.2, -0.15) is 0 Å². The average molecular weight is 417 g/mol. The van der Waals surface area contributed by atoms with Gasteiger partial charge in [0, 0.05) is 43.2 Å². The van der Waals surface area contributed by atoms with Crippen molar-refractivity contribution in [3.8, 4) is 11.5 Å². The van der Waals surface area contributed by atoms with Crippen LogP contribution in [0, 0.1) is 0 Å². The maximum atomic E-state index is 6.31. The summed E-state index contributed by atoms with van der Waals surface area (Å²) in [7, 11) is 3.48. The van der Waals surface area contributed by atoms with Gasteiger partial charge in [0.25, 0.3) is 0 Å². The summed E-state index contributed by atoms with van der Waals surface area (Å²) in [6.45, 7) is 3.57. The zero-order valence-corrected chi connectivity index (χ0v) is 18.5. The third kappa shape index (κ3) is 6.10. The molecule has 0 bridgehead atoms. The van der Waals surface area contributed by atoms with Crippen LogP contribution < -0.4 is 20.1 Å². The molecule has 2 aromatic rings. The minimum Gasteiger partial charge on any atom is -0.493 e. The smallest absolute Gasteiger partial charge is 0.191 e. The summed E-state index contributed by atoms with van der Waals surface area (Å²) in [4.78, 5) is 10.1. The summed E-state index contributed by atoms with van der Waals surface area (Å²) in [6.07, 6.45) is 8.90. The van der Waals surface area contributed by atoms with Gasteiger partial charge in [-0.25, -0.2) is 4.98 Å². The van der Waals surface area contributed by atoms with Crippen LogP contribution >= 0.6 is 11.3 Å². The number of aromatic nitrogens is 1. The van der Waals surface area contributed by atoms with E-state index in [1.54, 1.807) is 25.5 Å². The summed E-state index contributed by atoms with van der Waals surface area (Å²) in [5.74, 6) is 2.40. The standard InChI is InChI=1S/C22H32N4O2S/c1-4-18-15-25-20(29-18)12-13-24-22(23-2)26-14-16-8-7-11-19(27-3)21(16)28-17-9-5-6-10-17/h7-8,11,15,17H,4-6,9-10,12-14H2,1-3H3,(H2,23,24,26). The number of nitrogens with one attached hydrogen (secondary N) is 2. The number of para-hydroxylation sites is 1. The lowest BCUT2D eigenvalue weighted by Crippen LogP contribution is -2.38. The van der Waals surface area contributed by atoms with E-state index in [1.165, 1.54) is 17.7 Å². The number of hydrogen-bond donors (Lipinski definition) is 2. The summed E-state index contributed by atoms with van der Waals surface area (Å²) < 4.78 is 11.9. The summed E-state index contributed by atoms with van der Waals surface area (Å²) in [5, 5.41) is 7.92. The first-order valence-electron chi connectivity index (χ1n) is 10.4. The molecule has 0 atom stereocenters. The first-order valence-corrected chi connectivity index (χ1v) is 11.3. The van der Waals surface area contributed by atoms with E-state index >= 15 is 0 Å². The number of ether oxygens (including phenoxy) is 2. The van der Waals surface area contributed by atoms with Gasteiger partial charge in [0.1, 0.15) is 0 Å². The van der Waals surface area contributed by atoms with Crippen molar-refractivity contribution in [3.05, 3.63) is 39.8 Å². The van der Waals surface area contributed by atoms with Crippen molar-refractivity contribution in [2.75, 3.05) is 20.7 Å².